The predicted octanol–water partition coefficient (Wildman–Crippen LogP) is 3.92. The van der Waals surface area contributed by atoms with Gasteiger partial charge < -0.3 is 10.4 Å². The Bertz CT molecular complexity index is 623. The third kappa shape index (κ3) is 4.45. The molecule has 2 aromatic rings. The fourth-order valence-corrected chi connectivity index (χ4v) is 2.33. The molecule has 0 spiro atoms. The van der Waals surface area contributed by atoms with Crippen molar-refractivity contribution in [1.82, 2.24) is 4.98 Å². The molecule has 0 radical (unpaired) electrons. The maximum atomic E-state index is 12.4. The van der Waals surface area contributed by atoms with Crippen LogP contribution in [0.2, 0.25) is 0 Å². The minimum atomic E-state index is -4.45. The zero-order valence-electron chi connectivity index (χ0n) is 10.6. The Morgan fingerprint density at radius 1 is 1.29 bits per heavy atom. The number of aromatic nitrogens is 1. The van der Waals surface area contributed by atoms with Crippen molar-refractivity contribution in [2.45, 2.75) is 19.0 Å². The number of thiazole rings is 1. The second-order valence-corrected chi connectivity index (χ2v) is 5.11. The summed E-state index contributed by atoms with van der Waals surface area (Å²) in [5.74, 6) is -0.875. The average Bonchev–Trinajstić information content (AvgIpc) is 2.86. The first-order valence-corrected chi connectivity index (χ1v) is 6.83. The van der Waals surface area contributed by atoms with Crippen molar-refractivity contribution < 1.29 is 23.1 Å². The molecule has 0 saturated heterocycles. The Balaban J connectivity index is 2.00. The summed E-state index contributed by atoms with van der Waals surface area (Å²) in [6.07, 6.45) is -4.00. The van der Waals surface area contributed by atoms with Crippen LogP contribution in [-0.4, -0.2) is 16.1 Å². The Kier molecular flexibility index (Phi) is 4.46. The number of halogens is 3. The number of carboxylic acid groups (broad SMARTS) is 1. The highest BCUT2D eigenvalue weighted by Crippen LogP contribution is 2.32. The molecule has 4 nitrogen and oxygen atoms in total. The van der Waals surface area contributed by atoms with Gasteiger partial charge in [0.2, 0.25) is 0 Å². The van der Waals surface area contributed by atoms with E-state index in [1.165, 1.54) is 0 Å². The number of aryl methyl sites for hydroxylation is 1. The van der Waals surface area contributed by atoms with E-state index in [0.29, 0.717) is 12.1 Å². The summed E-state index contributed by atoms with van der Waals surface area (Å²) in [5, 5.41) is 12.5. The highest BCUT2D eigenvalue weighted by atomic mass is 32.1. The van der Waals surface area contributed by atoms with Gasteiger partial charge in [-0.1, -0.05) is 12.1 Å². The van der Waals surface area contributed by atoms with Gasteiger partial charge in [-0.3, -0.25) is 4.79 Å². The number of carbonyl (C=O) groups is 1. The molecule has 2 N–H and O–H groups in total. The minimum Gasteiger partial charge on any atom is -0.481 e. The second kappa shape index (κ2) is 6.13. The smallest absolute Gasteiger partial charge is 0.434 e. The van der Waals surface area contributed by atoms with E-state index in [1.54, 1.807) is 24.3 Å². The first-order valence-electron chi connectivity index (χ1n) is 5.95. The number of hydrogen-bond acceptors (Lipinski definition) is 4. The number of aliphatic carboxylic acids is 1. The molecular formula is C13H11F3N2O2S. The summed E-state index contributed by atoms with van der Waals surface area (Å²) >= 11 is 0.870. The molecule has 8 heteroatoms. The van der Waals surface area contributed by atoms with E-state index in [-0.39, 0.29) is 11.6 Å². The largest absolute Gasteiger partial charge is 0.481 e. The lowest BCUT2D eigenvalue weighted by molar-refractivity contribution is -0.140. The molecule has 0 amide bonds. The number of rotatable bonds is 5. The Hall–Kier alpha value is -2.09. The van der Waals surface area contributed by atoms with Crippen molar-refractivity contribution in [1.29, 1.82) is 0 Å². The van der Waals surface area contributed by atoms with Crippen molar-refractivity contribution in [2.24, 2.45) is 0 Å². The highest BCUT2D eigenvalue weighted by molar-refractivity contribution is 7.13. The van der Waals surface area contributed by atoms with Gasteiger partial charge in [0.15, 0.2) is 10.8 Å². The standard InChI is InChI=1S/C13H11F3N2O2S/c14-13(15,16)10-7-21-12(18-10)17-9-4-1-8(2-5-9)3-6-11(19)20/h1-2,4-5,7H,3,6H2,(H,17,18)(H,19,20). The monoisotopic (exact) mass is 316 g/mol. The van der Waals surface area contributed by atoms with Crippen LogP contribution >= 0.6 is 11.3 Å². The van der Waals surface area contributed by atoms with Crippen molar-refractivity contribution in [3.8, 4) is 0 Å². The lowest BCUT2D eigenvalue weighted by atomic mass is 10.1. The van der Waals surface area contributed by atoms with Gasteiger partial charge in [0, 0.05) is 17.5 Å². The van der Waals surface area contributed by atoms with Gasteiger partial charge >= 0.3 is 12.1 Å². The summed E-state index contributed by atoms with van der Waals surface area (Å²) in [6, 6.07) is 6.80. The average molecular weight is 316 g/mol. The van der Waals surface area contributed by atoms with Gasteiger partial charge in [0.1, 0.15) is 0 Å². The number of carboxylic acids is 1. The van der Waals surface area contributed by atoms with Gasteiger partial charge in [-0.15, -0.1) is 11.3 Å². The quantitative estimate of drug-likeness (QED) is 0.877. The summed E-state index contributed by atoms with van der Waals surface area (Å²) in [4.78, 5) is 13.9. The minimum absolute atomic E-state index is 0.0359. The molecule has 112 valence electrons. The molecule has 0 unspecified atom stereocenters. The molecule has 1 aromatic heterocycles. The predicted molar refractivity (Wildman–Crippen MR) is 72.8 cm³/mol. The fourth-order valence-electron chi connectivity index (χ4n) is 1.59. The van der Waals surface area contributed by atoms with Crippen LogP contribution in [0.5, 0.6) is 0 Å². The number of nitrogens with zero attached hydrogens (tertiary/aromatic N) is 1. The Labute approximate surface area is 122 Å². The van der Waals surface area contributed by atoms with Crippen LogP contribution < -0.4 is 5.32 Å². The van der Waals surface area contributed by atoms with Crippen LogP contribution in [0.3, 0.4) is 0 Å². The normalized spacial score (nSPS) is 11.4. The molecule has 1 heterocycles. The molecule has 0 saturated carbocycles. The van der Waals surface area contributed by atoms with Gasteiger partial charge in [-0.2, -0.15) is 13.2 Å². The van der Waals surface area contributed by atoms with E-state index >= 15 is 0 Å². The first kappa shape index (κ1) is 15.3. The lowest BCUT2D eigenvalue weighted by Crippen LogP contribution is -2.05. The first-order chi connectivity index (χ1) is 9.84. The maximum Gasteiger partial charge on any atom is 0.434 e. The fraction of sp³-hybridized carbons (Fsp3) is 0.231. The van der Waals surface area contributed by atoms with Crippen LogP contribution in [0.15, 0.2) is 29.6 Å². The van der Waals surface area contributed by atoms with Crippen LogP contribution in [-0.2, 0) is 17.4 Å². The van der Waals surface area contributed by atoms with E-state index in [0.717, 1.165) is 22.3 Å². The molecular weight excluding hydrogens is 305 g/mol. The Morgan fingerprint density at radius 2 is 1.95 bits per heavy atom. The molecule has 0 aliphatic rings. The molecule has 0 fully saturated rings. The maximum absolute atomic E-state index is 12.4. The molecule has 0 bridgehead atoms. The SMILES string of the molecule is O=C(O)CCc1ccc(Nc2nc(C(F)(F)F)cs2)cc1. The van der Waals surface area contributed by atoms with Gasteiger partial charge in [0.25, 0.3) is 0 Å². The third-order valence-corrected chi connectivity index (χ3v) is 3.39. The summed E-state index contributed by atoms with van der Waals surface area (Å²) < 4.78 is 37.2. The molecule has 21 heavy (non-hydrogen) atoms. The van der Waals surface area contributed by atoms with Crippen LogP contribution in [0.25, 0.3) is 0 Å². The number of anilines is 2. The van der Waals surface area contributed by atoms with E-state index in [4.69, 9.17) is 5.11 Å². The topological polar surface area (TPSA) is 62.2 Å². The zero-order chi connectivity index (χ0) is 15.5. The highest BCUT2D eigenvalue weighted by Gasteiger charge is 2.33. The number of hydrogen-bond donors (Lipinski definition) is 2. The number of alkyl halides is 3. The van der Waals surface area contributed by atoms with Crippen molar-refractivity contribution in [3.63, 3.8) is 0 Å². The van der Waals surface area contributed by atoms with E-state index < -0.39 is 17.8 Å². The van der Waals surface area contributed by atoms with Gasteiger partial charge in [-0.25, -0.2) is 4.98 Å². The molecule has 1 aromatic carbocycles. The summed E-state index contributed by atoms with van der Waals surface area (Å²) in [5.41, 5.74) is 0.517. The van der Waals surface area contributed by atoms with Crippen LogP contribution in [0, 0.1) is 0 Å². The molecule has 0 aliphatic heterocycles. The zero-order valence-corrected chi connectivity index (χ0v) is 11.5. The van der Waals surface area contributed by atoms with E-state index in [2.05, 4.69) is 10.3 Å². The van der Waals surface area contributed by atoms with Crippen LogP contribution in [0.1, 0.15) is 17.7 Å². The second-order valence-electron chi connectivity index (χ2n) is 4.25. The van der Waals surface area contributed by atoms with E-state index in [9.17, 15) is 18.0 Å². The van der Waals surface area contributed by atoms with Crippen molar-refractivity contribution in [3.05, 3.63) is 40.9 Å². The lowest BCUT2D eigenvalue weighted by Gasteiger charge is -2.04. The molecule has 0 atom stereocenters. The Morgan fingerprint density at radius 3 is 2.48 bits per heavy atom. The van der Waals surface area contributed by atoms with Gasteiger partial charge in [0.05, 0.1) is 0 Å². The van der Waals surface area contributed by atoms with Crippen molar-refractivity contribution >= 4 is 28.1 Å². The van der Waals surface area contributed by atoms with Crippen molar-refractivity contribution in [2.75, 3.05) is 5.32 Å². The van der Waals surface area contributed by atoms with Crippen LogP contribution in [0.4, 0.5) is 24.0 Å². The summed E-state index contributed by atoms with van der Waals surface area (Å²) in [6.45, 7) is 0. The number of nitrogens with one attached hydrogen (secondary N) is 1. The molecule has 0 aliphatic carbocycles. The number of benzene rings is 1. The third-order valence-electron chi connectivity index (χ3n) is 2.63. The summed E-state index contributed by atoms with van der Waals surface area (Å²) in [7, 11) is 0. The van der Waals surface area contributed by atoms with E-state index in [1.807, 2.05) is 0 Å². The van der Waals surface area contributed by atoms with Gasteiger partial charge in [-0.05, 0) is 24.1 Å². The molecule has 2 rings (SSSR count).